The molecule has 0 radical (unpaired) electrons. The zero-order valence-corrected chi connectivity index (χ0v) is 11.5. The van der Waals surface area contributed by atoms with Crippen molar-refractivity contribution < 1.29 is 14.7 Å². The zero-order valence-electron chi connectivity index (χ0n) is 11.5. The number of hydrogen-bond acceptors (Lipinski definition) is 2. The molecular formula is C16H17NO3. The average Bonchev–Trinajstić information content (AvgIpc) is 2.37. The molecule has 2 aromatic rings. The van der Waals surface area contributed by atoms with Gasteiger partial charge in [-0.1, -0.05) is 42.0 Å². The second-order valence-electron chi connectivity index (χ2n) is 4.98. The molecule has 0 heterocycles. The van der Waals surface area contributed by atoms with E-state index in [4.69, 9.17) is 5.11 Å². The van der Waals surface area contributed by atoms with E-state index in [1.807, 2.05) is 37.3 Å². The highest BCUT2D eigenvalue weighted by Gasteiger charge is 2.18. The van der Waals surface area contributed by atoms with Crippen molar-refractivity contribution in [3.63, 3.8) is 0 Å². The average molecular weight is 271 g/mol. The molecule has 2 rings (SSSR count). The normalized spacial score (nSPS) is 12.1. The van der Waals surface area contributed by atoms with E-state index in [0.29, 0.717) is 0 Å². The standard InChI is InChI=1S/C16H17NO3/c1-10-3-5-14-8-12(4-6-13(14)7-10)9-15(16(19)20)17-11(2)18/h3-8,15H,9H2,1-2H3,(H,17,18)(H,19,20)/t15-/m1/s1. The van der Waals surface area contributed by atoms with Gasteiger partial charge in [0, 0.05) is 13.3 Å². The molecule has 1 amide bonds. The Balaban J connectivity index is 2.26. The van der Waals surface area contributed by atoms with Gasteiger partial charge in [0.2, 0.25) is 5.91 Å². The Kier molecular flexibility index (Phi) is 4.03. The lowest BCUT2D eigenvalue weighted by atomic mass is 10.0. The lowest BCUT2D eigenvalue weighted by Crippen LogP contribution is -2.41. The van der Waals surface area contributed by atoms with E-state index in [0.717, 1.165) is 16.3 Å². The summed E-state index contributed by atoms with van der Waals surface area (Å²) in [5.74, 6) is -1.36. The highest BCUT2D eigenvalue weighted by atomic mass is 16.4. The quantitative estimate of drug-likeness (QED) is 0.896. The van der Waals surface area contributed by atoms with Crippen LogP contribution in [-0.4, -0.2) is 23.0 Å². The maximum Gasteiger partial charge on any atom is 0.326 e. The minimum atomic E-state index is -1.02. The summed E-state index contributed by atoms with van der Waals surface area (Å²) >= 11 is 0. The van der Waals surface area contributed by atoms with Crippen LogP contribution in [0.5, 0.6) is 0 Å². The lowest BCUT2D eigenvalue weighted by Gasteiger charge is -2.13. The molecule has 20 heavy (non-hydrogen) atoms. The monoisotopic (exact) mass is 271 g/mol. The molecule has 2 aromatic carbocycles. The maximum atomic E-state index is 11.1. The van der Waals surface area contributed by atoms with Crippen molar-refractivity contribution in [1.29, 1.82) is 0 Å². The van der Waals surface area contributed by atoms with E-state index in [2.05, 4.69) is 11.4 Å². The van der Waals surface area contributed by atoms with Crippen LogP contribution in [-0.2, 0) is 16.0 Å². The third kappa shape index (κ3) is 3.35. The van der Waals surface area contributed by atoms with Gasteiger partial charge in [0.15, 0.2) is 0 Å². The molecule has 4 heteroatoms. The second-order valence-corrected chi connectivity index (χ2v) is 4.98. The fourth-order valence-electron chi connectivity index (χ4n) is 2.22. The molecule has 0 aliphatic carbocycles. The van der Waals surface area contributed by atoms with Crippen LogP contribution in [0, 0.1) is 6.92 Å². The van der Waals surface area contributed by atoms with E-state index in [1.54, 1.807) is 0 Å². The SMILES string of the molecule is CC(=O)N[C@H](Cc1ccc2cc(C)ccc2c1)C(=O)O. The first-order valence-electron chi connectivity index (χ1n) is 6.45. The molecule has 0 bridgehead atoms. The fourth-order valence-corrected chi connectivity index (χ4v) is 2.22. The van der Waals surface area contributed by atoms with Gasteiger partial charge >= 0.3 is 5.97 Å². The largest absolute Gasteiger partial charge is 0.480 e. The van der Waals surface area contributed by atoms with Crippen LogP contribution in [0.2, 0.25) is 0 Å². The second kappa shape index (κ2) is 5.74. The molecular weight excluding hydrogens is 254 g/mol. The van der Waals surface area contributed by atoms with E-state index in [1.165, 1.54) is 12.5 Å². The van der Waals surface area contributed by atoms with Crippen molar-refractivity contribution in [2.75, 3.05) is 0 Å². The maximum absolute atomic E-state index is 11.1. The first-order valence-corrected chi connectivity index (χ1v) is 6.45. The zero-order chi connectivity index (χ0) is 14.7. The number of carboxylic acids is 1. The summed E-state index contributed by atoms with van der Waals surface area (Å²) in [5, 5.41) is 13.8. The minimum Gasteiger partial charge on any atom is -0.480 e. The molecule has 0 fully saturated rings. The van der Waals surface area contributed by atoms with Crippen LogP contribution < -0.4 is 5.32 Å². The van der Waals surface area contributed by atoms with Crippen LogP contribution in [0.1, 0.15) is 18.1 Å². The topological polar surface area (TPSA) is 66.4 Å². The molecule has 0 saturated heterocycles. The Morgan fingerprint density at radius 3 is 2.45 bits per heavy atom. The van der Waals surface area contributed by atoms with Gasteiger partial charge in [-0.2, -0.15) is 0 Å². The molecule has 1 atom stereocenters. The Morgan fingerprint density at radius 1 is 1.15 bits per heavy atom. The number of aryl methyl sites for hydroxylation is 1. The van der Waals surface area contributed by atoms with E-state index in [9.17, 15) is 9.59 Å². The third-order valence-corrected chi connectivity index (χ3v) is 3.18. The van der Waals surface area contributed by atoms with Crippen LogP contribution in [0.4, 0.5) is 0 Å². The van der Waals surface area contributed by atoms with Crippen LogP contribution in [0.25, 0.3) is 10.8 Å². The van der Waals surface area contributed by atoms with Crippen LogP contribution in [0.3, 0.4) is 0 Å². The summed E-state index contributed by atoms with van der Waals surface area (Å²) in [4.78, 5) is 22.2. The highest BCUT2D eigenvalue weighted by molar-refractivity contribution is 5.85. The van der Waals surface area contributed by atoms with Gasteiger partial charge in [-0.15, -0.1) is 0 Å². The lowest BCUT2D eigenvalue weighted by molar-refractivity contribution is -0.141. The molecule has 0 aliphatic heterocycles. The van der Waals surface area contributed by atoms with Gasteiger partial charge < -0.3 is 10.4 Å². The first-order chi connectivity index (χ1) is 9.45. The Labute approximate surface area is 117 Å². The molecule has 4 nitrogen and oxygen atoms in total. The molecule has 0 spiro atoms. The number of hydrogen-bond donors (Lipinski definition) is 2. The van der Waals surface area contributed by atoms with Gasteiger partial charge in [0.05, 0.1) is 0 Å². The van der Waals surface area contributed by atoms with Crippen molar-refractivity contribution >= 4 is 22.6 Å². The van der Waals surface area contributed by atoms with Crippen molar-refractivity contribution in [3.05, 3.63) is 47.5 Å². The smallest absolute Gasteiger partial charge is 0.326 e. The number of carboxylic acid groups (broad SMARTS) is 1. The Hall–Kier alpha value is -2.36. The number of fused-ring (bicyclic) bond motifs is 1. The summed E-state index contributed by atoms with van der Waals surface area (Å²) in [7, 11) is 0. The number of benzene rings is 2. The summed E-state index contributed by atoms with van der Waals surface area (Å²) in [6.45, 7) is 3.35. The van der Waals surface area contributed by atoms with Crippen molar-refractivity contribution in [2.45, 2.75) is 26.3 Å². The predicted octanol–water partition coefficient (Wildman–Crippen LogP) is 2.28. The van der Waals surface area contributed by atoms with E-state index >= 15 is 0 Å². The van der Waals surface area contributed by atoms with Gasteiger partial charge in [0.25, 0.3) is 0 Å². The summed E-state index contributed by atoms with van der Waals surface area (Å²) < 4.78 is 0. The van der Waals surface area contributed by atoms with E-state index in [-0.39, 0.29) is 12.3 Å². The van der Waals surface area contributed by atoms with E-state index < -0.39 is 12.0 Å². The molecule has 0 saturated carbocycles. The summed E-state index contributed by atoms with van der Waals surface area (Å²) in [5.41, 5.74) is 2.08. The van der Waals surface area contributed by atoms with Crippen molar-refractivity contribution in [3.8, 4) is 0 Å². The molecule has 0 unspecified atom stereocenters. The van der Waals surface area contributed by atoms with Crippen molar-refractivity contribution in [1.82, 2.24) is 5.32 Å². The third-order valence-electron chi connectivity index (χ3n) is 3.18. The van der Waals surface area contributed by atoms with Gasteiger partial charge in [0.1, 0.15) is 6.04 Å². The van der Waals surface area contributed by atoms with Gasteiger partial charge in [-0.05, 0) is 23.3 Å². The minimum absolute atomic E-state index is 0.277. The predicted molar refractivity (Wildman–Crippen MR) is 77.6 cm³/mol. The first kappa shape index (κ1) is 14.1. The molecule has 2 N–H and O–H groups in total. The Morgan fingerprint density at radius 2 is 1.80 bits per heavy atom. The fraction of sp³-hybridized carbons (Fsp3) is 0.250. The summed E-state index contributed by atoms with van der Waals surface area (Å²) in [6.07, 6.45) is 0.277. The van der Waals surface area contributed by atoms with Gasteiger partial charge in [-0.25, -0.2) is 4.79 Å². The van der Waals surface area contributed by atoms with Crippen LogP contribution >= 0.6 is 0 Å². The Bertz CT molecular complexity index is 664. The number of carbonyl (C=O) groups is 2. The van der Waals surface area contributed by atoms with Crippen molar-refractivity contribution in [2.24, 2.45) is 0 Å². The van der Waals surface area contributed by atoms with Crippen LogP contribution in [0.15, 0.2) is 36.4 Å². The molecule has 0 aromatic heterocycles. The molecule has 0 aliphatic rings. The number of nitrogens with one attached hydrogen (secondary N) is 1. The number of rotatable bonds is 4. The highest BCUT2D eigenvalue weighted by Crippen LogP contribution is 2.18. The van der Waals surface area contributed by atoms with Gasteiger partial charge in [-0.3, -0.25) is 4.79 Å². The number of amides is 1. The molecule has 104 valence electrons. The number of carbonyl (C=O) groups excluding carboxylic acids is 1. The number of aliphatic carboxylic acids is 1. The summed E-state index contributed by atoms with van der Waals surface area (Å²) in [6, 6.07) is 11.1.